The van der Waals surface area contributed by atoms with E-state index in [1.165, 1.54) is 23.1 Å². The maximum absolute atomic E-state index is 13.1. The van der Waals surface area contributed by atoms with Gasteiger partial charge in [-0.3, -0.25) is 4.79 Å². The minimum Gasteiger partial charge on any atom is -0.311 e. The number of carbonyl (C=O) groups excluding carboxylic acids is 1. The van der Waals surface area contributed by atoms with Gasteiger partial charge in [0.05, 0.1) is 0 Å². The van der Waals surface area contributed by atoms with E-state index < -0.39 is 5.82 Å². The second-order valence-electron chi connectivity index (χ2n) is 3.85. The fourth-order valence-corrected chi connectivity index (χ4v) is 1.80. The minimum atomic E-state index is -0.430. The van der Waals surface area contributed by atoms with Crippen LogP contribution in [-0.4, -0.2) is 13.0 Å². The van der Waals surface area contributed by atoms with Crippen LogP contribution in [0.1, 0.15) is 10.4 Å². The van der Waals surface area contributed by atoms with E-state index >= 15 is 0 Å². The molecule has 0 radical (unpaired) electrons. The van der Waals surface area contributed by atoms with E-state index in [-0.39, 0.29) is 5.91 Å². The van der Waals surface area contributed by atoms with Crippen molar-refractivity contribution < 1.29 is 9.18 Å². The largest absolute Gasteiger partial charge is 0.311 e. The maximum atomic E-state index is 13.1. The van der Waals surface area contributed by atoms with Gasteiger partial charge in [0.2, 0.25) is 0 Å². The molecule has 0 aromatic heterocycles. The molecule has 0 aliphatic rings. The van der Waals surface area contributed by atoms with Crippen molar-refractivity contribution in [1.82, 2.24) is 0 Å². The quantitative estimate of drug-likeness (QED) is 0.808. The van der Waals surface area contributed by atoms with Crippen LogP contribution in [0.2, 0.25) is 5.02 Å². The second kappa shape index (κ2) is 5.19. The summed E-state index contributed by atoms with van der Waals surface area (Å²) in [4.78, 5) is 13.6. The van der Waals surface area contributed by atoms with Crippen LogP contribution in [0.25, 0.3) is 0 Å². The lowest BCUT2D eigenvalue weighted by Gasteiger charge is -2.17. The third-order valence-electron chi connectivity index (χ3n) is 2.57. The highest BCUT2D eigenvalue weighted by Crippen LogP contribution is 2.20. The van der Waals surface area contributed by atoms with Gasteiger partial charge in [-0.2, -0.15) is 0 Å². The molecule has 0 heterocycles. The Labute approximate surface area is 110 Å². The first-order valence-electron chi connectivity index (χ1n) is 5.37. The fraction of sp³-hybridized carbons (Fsp3) is 0.0714. The number of hydrogen-bond donors (Lipinski definition) is 0. The van der Waals surface area contributed by atoms with Crippen LogP contribution in [0.5, 0.6) is 0 Å². The van der Waals surface area contributed by atoms with Gasteiger partial charge in [-0.1, -0.05) is 23.7 Å². The summed E-state index contributed by atoms with van der Waals surface area (Å²) in [7, 11) is 1.62. The highest BCUT2D eigenvalue weighted by atomic mass is 35.5. The van der Waals surface area contributed by atoms with Crippen LogP contribution in [0.3, 0.4) is 0 Å². The number of benzene rings is 2. The van der Waals surface area contributed by atoms with E-state index in [1.54, 1.807) is 37.4 Å². The lowest BCUT2D eigenvalue weighted by Crippen LogP contribution is -2.26. The van der Waals surface area contributed by atoms with Crippen LogP contribution in [0.4, 0.5) is 10.1 Å². The molecule has 1 amide bonds. The van der Waals surface area contributed by atoms with Gasteiger partial charge in [-0.05, 0) is 36.4 Å². The van der Waals surface area contributed by atoms with Crippen molar-refractivity contribution in [2.24, 2.45) is 0 Å². The minimum absolute atomic E-state index is 0.281. The summed E-state index contributed by atoms with van der Waals surface area (Å²) < 4.78 is 13.1. The molecule has 0 spiro atoms. The molecule has 0 saturated heterocycles. The third kappa shape index (κ3) is 2.68. The number of nitrogens with zero attached hydrogens (tertiary/aromatic N) is 1. The highest BCUT2D eigenvalue weighted by Gasteiger charge is 2.13. The van der Waals surface area contributed by atoms with Crippen molar-refractivity contribution in [2.45, 2.75) is 0 Å². The highest BCUT2D eigenvalue weighted by molar-refractivity contribution is 6.31. The Morgan fingerprint density at radius 1 is 1.17 bits per heavy atom. The first kappa shape index (κ1) is 12.6. The standard InChI is InChI=1S/C14H11ClFNO/c1-17(13-7-3-5-11(15)9-13)14(18)10-4-2-6-12(16)8-10/h2-9H,1H3. The summed E-state index contributed by atoms with van der Waals surface area (Å²) in [5.41, 5.74) is 0.967. The van der Waals surface area contributed by atoms with Gasteiger partial charge in [-0.25, -0.2) is 4.39 Å². The zero-order valence-corrected chi connectivity index (χ0v) is 10.5. The molecule has 0 N–H and O–H groups in total. The molecular weight excluding hydrogens is 253 g/mol. The lowest BCUT2D eigenvalue weighted by molar-refractivity contribution is 0.0992. The van der Waals surface area contributed by atoms with Gasteiger partial charge in [0.25, 0.3) is 5.91 Å². The molecule has 2 rings (SSSR count). The summed E-state index contributed by atoms with van der Waals surface area (Å²) in [6.07, 6.45) is 0. The molecule has 0 unspecified atom stereocenters. The molecule has 0 atom stereocenters. The molecule has 0 bridgehead atoms. The predicted molar refractivity (Wildman–Crippen MR) is 70.6 cm³/mol. The Balaban J connectivity index is 2.29. The molecule has 92 valence electrons. The molecule has 0 fully saturated rings. The maximum Gasteiger partial charge on any atom is 0.258 e. The SMILES string of the molecule is CN(C(=O)c1cccc(F)c1)c1cccc(Cl)c1. The number of rotatable bonds is 2. The van der Waals surface area contributed by atoms with Crippen LogP contribution in [-0.2, 0) is 0 Å². The molecule has 4 heteroatoms. The van der Waals surface area contributed by atoms with E-state index in [2.05, 4.69) is 0 Å². The number of hydrogen-bond acceptors (Lipinski definition) is 1. The second-order valence-corrected chi connectivity index (χ2v) is 4.29. The molecule has 18 heavy (non-hydrogen) atoms. The van der Waals surface area contributed by atoms with E-state index in [0.717, 1.165) is 0 Å². The third-order valence-corrected chi connectivity index (χ3v) is 2.81. The average Bonchev–Trinajstić information content (AvgIpc) is 2.37. The number of halogens is 2. The van der Waals surface area contributed by atoms with Gasteiger partial charge < -0.3 is 4.90 Å². The Kier molecular flexibility index (Phi) is 3.63. The van der Waals surface area contributed by atoms with Crippen molar-refractivity contribution >= 4 is 23.2 Å². The van der Waals surface area contributed by atoms with Crippen LogP contribution in [0, 0.1) is 5.82 Å². The van der Waals surface area contributed by atoms with Gasteiger partial charge >= 0.3 is 0 Å². The predicted octanol–water partition coefficient (Wildman–Crippen LogP) is 3.76. The lowest BCUT2D eigenvalue weighted by atomic mass is 10.2. The molecule has 2 nitrogen and oxygen atoms in total. The first-order chi connectivity index (χ1) is 8.58. The molecule has 2 aromatic carbocycles. The van der Waals surface area contributed by atoms with Crippen molar-refractivity contribution in [3.63, 3.8) is 0 Å². The molecule has 0 aliphatic heterocycles. The van der Waals surface area contributed by atoms with Crippen LogP contribution >= 0.6 is 11.6 Å². The smallest absolute Gasteiger partial charge is 0.258 e. The van der Waals surface area contributed by atoms with Crippen molar-refractivity contribution in [1.29, 1.82) is 0 Å². The molecule has 0 saturated carbocycles. The summed E-state index contributed by atoms with van der Waals surface area (Å²) >= 11 is 5.87. The fourth-order valence-electron chi connectivity index (χ4n) is 1.62. The number of amides is 1. The van der Waals surface area contributed by atoms with Gasteiger partial charge in [0, 0.05) is 23.3 Å². The van der Waals surface area contributed by atoms with Crippen LogP contribution in [0.15, 0.2) is 48.5 Å². The van der Waals surface area contributed by atoms with Crippen molar-refractivity contribution in [3.05, 3.63) is 64.9 Å². The summed E-state index contributed by atoms with van der Waals surface area (Å²) in [5, 5.41) is 0.548. The Morgan fingerprint density at radius 2 is 1.89 bits per heavy atom. The monoisotopic (exact) mass is 263 g/mol. The normalized spacial score (nSPS) is 10.2. The number of anilines is 1. The number of carbonyl (C=O) groups is 1. The van der Waals surface area contributed by atoms with Crippen molar-refractivity contribution in [3.8, 4) is 0 Å². The topological polar surface area (TPSA) is 20.3 Å². The summed E-state index contributed by atoms with van der Waals surface area (Å²) in [6, 6.07) is 12.5. The van der Waals surface area contributed by atoms with Gasteiger partial charge in [0.15, 0.2) is 0 Å². The van der Waals surface area contributed by atoms with E-state index in [4.69, 9.17) is 11.6 Å². The van der Waals surface area contributed by atoms with Crippen LogP contribution < -0.4 is 4.90 Å². The molecular formula is C14H11ClFNO. The Bertz CT molecular complexity index is 586. The summed E-state index contributed by atoms with van der Waals surface area (Å²) in [6.45, 7) is 0. The van der Waals surface area contributed by atoms with E-state index in [0.29, 0.717) is 16.3 Å². The zero-order chi connectivity index (χ0) is 13.1. The Morgan fingerprint density at radius 3 is 2.56 bits per heavy atom. The van der Waals surface area contributed by atoms with E-state index in [1.807, 2.05) is 0 Å². The van der Waals surface area contributed by atoms with E-state index in [9.17, 15) is 9.18 Å². The Hall–Kier alpha value is -1.87. The molecule has 0 aliphatic carbocycles. The first-order valence-corrected chi connectivity index (χ1v) is 5.75. The molecule has 2 aromatic rings. The zero-order valence-electron chi connectivity index (χ0n) is 9.73. The average molecular weight is 264 g/mol. The van der Waals surface area contributed by atoms with Crippen molar-refractivity contribution in [2.75, 3.05) is 11.9 Å². The van der Waals surface area contributed by atoms with Gasteiger partial charge in [-0.15, -0.1) is 0 Å². The van der Waals surface area contributed by atoms with Gasteiger partial charge in [0.1, 0.15) is 5.82 Å². The summed E-state index contributed by atoms with van der Waals surface area (Å²) in [5.74, 6) is -0.711.